The molecule has 0 aliphatic rings. The van der Waals surface area contributed by atoms with E-state index in [0.717, 1.165) is 0 Å². The summed E-state index contributed by atoms with van der Waals surface area (Å²) in [7, 11) is 1.44. The average Bonchev–Trinajstić information content (AvgIpc) is 2.54. The molecule has 132 valence electrons. The summed E-state index contributed by atoms with van der Waals surface area (Å²) < 4.78 is 10.2. The number of ether oxygens (including phenoxy) is 2. The van der Waals surface area contributed by atoms with Crippen LogP contribution in [0.4, 0.5) is 16.3 Å². The number of amides is 2. The highest BCUT2D eigenvalue weighted by Gasteiger charge is 2.17. The third-order valence-electron chi connectivity index (χ3n) is 2.86. The SMILES string of the molecule is COc1ncccc1C(=O)Nc1ccc(NC(=O)OC(C)(C)C)nc1. The Kier molecular flexibility index (Phi) is 5.53. The highest BCUT2D eigenvalue weighted by atomic mass is 16.6. The van der Waals surface area contributed by atoms with E-state index in [1.165, 1.54) is 19.5 Å². The van der Waals surface area contributed by atoms with E-state index in [1.807, 2.05) is 0 Å². The number of nitrogens with one attached hydrogen (secondary N) is 2. The van der Waals surface area contributed by atoms with Gasteiger partial charge in [-0.2, -0.15) is 0 Å². The molecule has 0 radical (unpaired) electrons. The fraction of sp³-hybridized carbons (Fsp3) is 0.294. The van der Waals surface area contributed by atoms with Crippen LogP contribution in [0.3, 0.4) is 0 Å². The normalized spacial score (nSPS) is 10.7. The van der Waals surface area contributed by atoms with Crippen LogP contribution in [0.5, 0.6) is 5.88 Å². The van der Waals surface area contributed by atoms with Gasteiger partial charge in [0.05, 0.1) is 19.0 Å². The molecule has 0 aromatic carbocycles. The first-order valence-electron chi connectivity index (χ1n) is 7.55. The number of nitrogens with zero attached hydrogens (tertiary/aromatic N) is 2. The molecule has 2 heterocycles. The smallest absolute Gasteiger partial charge is 0.413 e. The maximum Gasteiger partial charge on any atom is 0.413 e. The number of anilines is 2. The summed E-state index contributed by atoms with van der Waals surface area (Å²) in [6.45, 7) is 5.31. The Labute approximate surface area is 145 Å². The molecule has 2 rings (SSSR count). The molecule has 0 spiro atoms. The second-order valence-electron chi connectivity index (χ2n) is 6.07. The molecular formula is C17H20N4O4. The van der Waals surface area contributed by atoms with Crippen LogP contribution in [-0.4, -0.2) is 34.7 Å². The molecule has 0 saturated carbocycles. The second kappa shape index (κ2) is 7.61. The Bertz CT molecular complexity index is 754. The topological polar surface area (TPSA) is 102 Å². The van der Waals surface area contributed by atoms with E-state index in [0.29, 0.717) is 17.1 Å². The van der Waals surface area contributed by atoms with Gasteiger partial charge in [0.15, 0.2) is 0 Å². The number of carbonyl (C=O) groups excluding carboxylic acids is 2. The Balaban J connectivity index is 2.00. The quantitative estimate of drug-likeness (QED) is 0.883. The Morgan fingerprint density at radius 2 is 1.84 bits per heavy atom. The molecule has 0 bridgehead atoms. The first kappa shape index (κ1) is 18.2. The molecule has 0 fully saturated rings. The summed E-state index contributed by atoms with van der Waals surface area (Å²) in [5.41, 5.74) is 0.174. The minimum absolute atomic E-state index is 0.233. The maximum absolute atomic E-state index is 12.3. The lowest BCUT2D eigenvalue weighted by Gasteiger charge is -2.19. The predicted octanol–water partition coefficient (Wildman–Crippen LogP) is 3.08. The van der Waals surface area contributed by atoms with Gasteiger partial charge in [-0.1, -0.05) is 0 Å². The first-order chi connectivity index (χ1) is 11.8. The predicted molar refractivity (Wildman–Crippen MR) is 92.8 cm³/mol. The van der Waals surface area contributed by atoms with E-state index in [-0.39, 0.29) is 11.8 Å². The highest BCUT2D eigenvalue weighted by Crippen LogP contribution is 2.17. The number of rotatable bonds is 4. The lowest BCUT2D eigenvalue weighted by atomic mass is 10.2. The van der Waals surface area contributed by atoms with Gasteiger partial charge in [0, 0.05) is 6.20 Å². The molecule has 2 aromatic rings. The summed E-state index contributed by atoms with van der Waals surface area (Å²) in [5.74, 6) is 0.169. The first-order valence-corrected chi connectivity index (χ1v) is 7.55. The van der Waals surface area contributed by atoms with Crippen molar-refractivity contribution in [2.45, 2.75) is 26.4 Å². The van der Waals surface area contributed by atoms with Crippen LogP contribution in [0, 0.1) is 0 Å². The molecule has 8 nitrogen and oxygen atoms in total. The monoisotopic (exact) mass is 344 g/mol. The van der Waals surface area contributed by atoms with Gasteiger partial charge >= 0.3 is 6.09 Å². The molecular weight excluding hydrogens is 324 g/mol. The number of carbonyl (C=O) groups is 2. The number of methoxy groups -OCH3 is 1. The molecule has 25 heavy (non-hydrogen) atoms. The molecule has 0 aliphatic heterocycles. The molecule has 2 aromatic heterocycles. The van der Waals surface area contributed by atoms with E-state index in [2.05, 4.69) is 20.6 Å². The van der Waals surface area contributed by atoms with Crippen LogP contribution in [0.2, 0.25) is 0 Å². The summed E-state index contributed by atoms with van der Waals surface area (Å²) in [4.78, 5) is 32.0. The minimum Gasteiger partial charge on any atom is -0.480 e. The average molecular weight is 344 g/mol. The van der Waals surface area contributed by atoms with Crippen LogP contribution in [0.15, 0.2) is 36.7 Å². The van der Waals surface area contributed by atoms with Crippen molar-refractivity contribution in [3.63, 3.8) is 0 Å². The van der Waals surface area contributed by atoms with Gasteiger partial charge in [0.2, 0.25) is 5.88 Å². The van der Waals surface area contributed by atoms with Crippen LogP contribution < -0.4 is 15.4 Å². The van der Waals surface area contributed by atoms with Crippen molar-refractivity contribution in [3.05, 3.63) is 42.2 Å². The Hall–Kier alpha value is -3.16. The van der Waals surface area contributed by atoms with E-state index >= 15 is 0 Å². The summed E-state index contributed by atoms with van der Waals surface area (Å²) in [5, 5.41) is 5.20. The number of hydrogen-bond acceptors (Lipinski definition) is 6. The standard InChI is InChI=1S/C17H20N4O4/c1-17(2,3)25-16(23)21-13-8-7-11(10-19-13)20-14(22)12-6-5-9-18-15(12)24-4/h5-10H,1-4H3,(H,20,22)(H,19,21,23). The minimum atomic E-state index is -0.600. The molecule has 8 heteroatoms. The van der Waals surface area contributed by atoms with Crippen molar-refractivity contribution in [3.8, 4) is 5.88 Å². The van der Waals surface area contributed by atoms with Crippen molar-refractivity contribution in [1.82, 2.24) is 9.97 Å². The molecule has 0 unspecified atom stereocenters. The zero-order valence-electron chi connectivity index (χ0n) is 14.5. The van der Waals surface area contributed by atoms with Crippen molar-refractivity contribution >= 4 is 23.5 Å². The summed E-state index contributed by atoms with van der Waals surface area (Å²) in [6, 6.07) is 6.41. The molecule has 0 saturated heterocycles. The third kappa shape index (κ3) is 5.45. The number of aromatic nitrogens is 2. The van der Waals surface area contributed by atoms with E-state index in [4.69, 9.17) is 9.47 Å². The van der Waals surface area contributed by atoms with Crippen LogP contribution in [-0.2, 0) is 4.74 Å². The van der Waals surface area contributed by atoms with Gasteiger partial charge in [0.25, 0.3) is 5.91 Å². The van der Waals surface area contributed by atoms with Crippen molar-refractivity contribution < 1.29 is 19.1 Å². The van der Waals surface area contributed by atoms with Crippen LogP contribution >= 0.6 is 0 Å². The van der Waals surface area contributed by atoms with Gasteiger partial charge in [-0.3, -0.25) is 10.1 Å². The summed E-state index contributed by atoms with van der Waals surface area (Å²) in [6.07, 6.45) is 2.36. The van der Waals surface area contributed by atoms with Crippen LogP contribution in [0.25, 0.3) is 0 Å². The van der Waals surface area contributed by atoms with Gasteiger partial charge < -0.3 is 14.8 Å². The number of pyridine rings is 2. The zero-order valence-corrected chi connectivity index (χ0v) is 14.5. The largest absolute Gasteiger partial charge is 0.480 e. The summed E-state index contributed by atoms with van der Waals surface area (Å²) >= 11 is 0. The van der Waals surface area contributed by atoms with E-state index < -0.39 is 11.7 Å². The van der Waals surface area contributed by atoms with Crippen molar-refractivity contribution in [2.75, 3.05) is 17.7 Å². The number of hydrogen-bond donors (Lipinski definition) is 2. The van der Waals surface area contributed by atoms with Gasteiger partial charge in [0.1, 0.15) is 17.0 Å². The maximum atomic E-state index is 12.3. The van der Waals surface area contributed by atoms with Gasteiger partial charge in [-0.05, 0) is 45.0 Å². The zero-order chi connectivity index (χ0) is 18.4. The van der Waals surface area contributed by atoms with Crippen molar-refractivity contribution in [1.29, 1.82) is 0 Å². The molecule has 2 N–H and O–H groups in total. The third-order valence-corrected chi connectivity index (χ3v) is 2.86. The second-order valence-corrected chi connectivity index (χ2v) is 6.07. The fourth-order valence-electron chi connectivity index (χ4n) is 1.87. The lowest BCUT2D eigenvalue weighted by Crippen LogP contribution is -2.27. The van der Waals surface area contributed by atoms with Gasteiger partial charge in [-0.15, -0.1) is 0 Å². The lowest BCUT2D eigenvalue weighted by molar-refractivity contribution is 0.0635. The van der Waals surface area contributed by atoms with Gasteiger partial charge in [-0.25, -0.2) is 14.8 Å². The Morgan fingerprint density at radius 3 is 2.44 bits per heavy atom. The van der Waals surface area contributed by atoms with E-state index in [1.54, 1.807) is 45.0 Å². The van der Waals surface area contributed by atoms with E-state index in [9.17, 15) is 9.59 Å². The highest BCUT2D eigenvalue weighted by molar-refractivity contribution is 6.05. The fourth-order valence-corrected chi connectivity index (χ4v) is 1.87. The molecule has 0 aliphatic carbocycles. The Morgan fingerprint density at radius 1 is 1.08 bits per heavy atom. The van der Waals surface area contributed by atoms with Crippen molar-refractivity contribution in [2.24, 2.45) is 0 Å². The van der Waals surface area contributed by atoms with Crippen LogP contribution in [0.1, 0.15) is 31.1 Å². The molecule has 0 atom stereocenters. The molecule has 2 amide bonds.